The predicted molar refractivity (Wildman–Crippen MR) is 111 cm³/mol. The Hall–Kier alpha value is -3.80. The average Bonchev–Trinajstić information content (AvgIpc) is 3.14. The summed E-state index contributed by atoms with van der Waals surface area (Å²) in [6, 6.07) is 17.3. The number of benzene rings is 2. The third kappa shape index (κ3) is 3.91. The number of rotatable bonds is 5. The zero-order chi connectivity index (χ0) is 20.2. The third-order valence-corrected chi connectivity index (χ3v) is 4.85. The van der Waals surface area contributed by atoms with Crippen LogP contribution in [-0.2, 0) is 11.2 Å². The highest BCUT2D eigenvalue weighted by atomic mass is 16.5. The number of aromatic nitrogens is 3. The molecule has 144 valence electrons. The van der Waals surface area contributed by atoms with Gasteiger partial charge in [0.1, 0.15) is 12.0 Å². The fraction of sp³-hybridized carbons (Fsp3) is 0.130. The molecular formula is C23H20N4O2. The molecule has 0 aliphatic rings. The van der Waals surface area contributed by atoms with E-state index in [1.54, 1.807) is 12.3 Å². The van der Waals surface area contributed by atoms with Gasteiger partial charge in [-0.25, -0.2) is 9.97 Å². The molecule has 0 radical (unpaired) electrons. The van der Waals surface area contributed by atoms with Gasteiger partial charge in [-0.1, -0.05) is 53.7 Å². The van der Waals surface area contributed by atoms with Crippen LogP contribution in [0.5, 0.6) is 0 Å². The molecular weight excluding hydrogens is 364 g/mol. The Morgan fingerprint density at radius 1 is 1.03 bits per heavy atom. The number of nitrogens with one attached hydrogen (secondary N) is 1. The molecule has 29 heavy (non-hydrogen) atoms. The van der Waals surface area contributed by atoms with Gasteiger partial charge in [-0.15, -0.1) is 0 Å². The van der Waals surface area contributed by atoms with Gasteiger partial charge in [0, 0.05) is 11.8 Å². The van der Waals surface area contributed by atoms with E-state index in [4.69, 9.17) is 4.52 Å². The summed E-state index contributed by atoms with van der Waals surface area (Å²) in [5, 5.41) is 7.13. The van der Waals surface area contributed by atoms with Crippen LogP contribution in [-0.4, -0.2) is 21.0 Å². The quantitative estimate of drug-likeness (QED) is 0.544. The van der Waals surface area contributed by atoms with Gasteiger partial charge >= 0.3 is 0 Å². The molecule has 4 rings (SSSR count). The van der Waals surface area contributed by atoms with E-state index >= 15 is 0 Å². The maximum Gasteiger partial charge on any atom is 0.241 e. The van der Waals surface area contributed by atoms with Crippen LogP contribution in [0, 0.1) is 13.8 Å². The van der Waals surface area contributed by atoms with Crippen LogP contribution in [0.1, 0.15) is 16.7 Å². The molecule has 6 heteroatoms. The summed E-state index contributed by atoms with van der Waals surface area (Å²) < 4.78 is 5.57. The summed E-state index contributed by atoms with van der Waals surface area (Å²) in [6.07, 6.45) is 3.35. The Labute approximate surface area is 168 Å². The molecule has 0 saturated carbocycles. The van der Waals surface area contributed by atoms with Gasteiger partial charge in [-0.2, -0.15) is 0 Å². The van der Waals surface area contributed by atoms with E-state index in [1.807, 2.05) is 62.4 Å². The zero-order valence-electron chi connectivity index (χ0n) is 16.2. The van der Waals surface area contributed by atoms with E-state index in [1.165, 1.54) is 6.33 Å². The zero-order valence-corrected chi connectivity index (χ0v) is 16.2. The van der Waals surface area contributed by atoms with Crippen molar-refractivity contribution in [1.82, 2.24) is 15.1 Å². The van der Waals surface area contributed by atoms with Crippen molar-refractivity contribution in [3.8, 4) is 22.5 Å². The van der Waals surface area contributed by atoms with Gasteiger partial charge in [-0.3, -0.25) is 10.1 Å². The van der Waals surface area contributed by atoms with E-state index in [0.717, 1.165) is 22.3 Å². The summed E-state index contributed by atoms with van der Waals surface area (Å²) in [5.41, 5.74) is 6.01. The molecule has 4 aromatic rings. The Bertz CT molecular complexity index is 1140. The Kier molecular flexibility index (Phi) is 5.16. The highest BCUT2D eigenvalue weighted by Crippen LogP contribution is 2.38. The number of aryl methyl sites for hydroxylation is 1. The standard InChI is InChI=1S/C23H20N4O2/c1-15-7-6-10-18(16(15)2)22-21(19-11-12-24-14-25-19)23(29-27-22)26-20(28)13-17-8-4-3-5-9-17/h3-12,14H,13H2,1-2H3,(H,26,28). The molecule has 2 aromatic heterocycles. The SMILES string of the molecule is Cc1cccc(-c2noc(NC(=O)Cc3ccccc3)c2-c2ccncn2)c1C. The van der Waals surface area contributed by atoms with Crippen molar-refractivity contribution in [1.29, 1.82) is 0 Å². The van der Waals surface area contributed by atoms with Gasteiger partial charge in [0.2, 0.25) is 11.8 Å². The molecule has 0 saturated heterocycles. The number of amides is 1. The van der Waals surface area contributed by atoms with Gasteiger partial charge in [-0.05, 0) is 36.6 Å². The fourth-order valence-electron chi connectivity index (χ4n) is 3.20. The van der Waals surface area contributed by atoms with Crippen LogP contribution >= 0.6 is 0 Å². The molecule has 0 unspecified atom stereocenters. The van der Waals surface area contributed by atoms with E-state index in [2.05, 4.69) is 20.4 Å². The average molecular weight is 384 g/mol. The van der Waals surface area contributed by atoms with Gasteiger partial charge < -0.3 is 4.52 Å². The molecule has 1 amide bonds. The Morgan fingerprint density at radius 3 is 2.62 bits per heavy atom. The van der Waals surface area contributed by atoms with Crippen LogP contribution in [0.2, 0.25) is 0 Å². The fourth-order valence-corrected chi connectivity index (χ4v) is 3.20. The largest absolute Gasteiger partial charge is 0.337 e. The van der Waals surface area contributed by atoms with Crippen molar-refractivity contribution >= 4 is 11.8 Å². The lowest BCUT2D eigenvalue weighted by molar-refractivity contribution is -0.115. The molecule has 0 aliphatic heterocycles. The summed E-state index contributed by atoms with van der Waals surface area (Å²) in [7, 11) is 0. The maximum atomic E-state index is 12.6. The molecule has 2 heterocycles. The van der Waals surface area contributed by atoms with E-state index in [9.17, 15) is 4.79 Å². The number of carbonyl (C=O) groups is 1. The minimum atomic E-state index is -0.185. The van der Waals surface area contributed by atoms with Crippen molar-refractivity contribution in [3.63, 3.8) is 0 Å². The Morgan fingerprint density at radius 2 is 1.86 bits per heavy atom. The Balaban J connectivity index is 1.74. The van der Waals surface area contributed by atoms with E-state index in [-0.39, 0.29) is 18.2 Å². The molecule has 6 nitrogen and oxygen atoms in total. The number of hydrogen-bond donors (Lipinski definition) is 1. The van der Waals surface area contributed by atoms with Crippen molar-refractivity contribution < 1.29 is 9.32 Å². The first-order valence-electron chi connectivity index (χ1n) is 9.30. The second-order valence-electron chi connectivity index (χ2n) is 6.79. The van der Waals surface area contributed by atoms with Crippen LogP contribution in [0.3, 0.4) is 0 Å². The first-order valence-corrected chi connectivity index (χ1v) is 9.30. The van der Waals surface area contributed by atoms with Crippen molar-refractivity contribution in [2.24, 2.45) is 0 Å². The number of nitrogens with zero attached hydrogens (tertiary/aromatic N) is 3. The summed E-state index contributed by atoms with van der Waals surface area (Å²) in [5.74, 6) is 0.0932. The lowest BCUT2D eigenvalue weighted by Gasteiger charge is -2.09. The van der Waals surface area contributed by atoms with E-state index < -0.39 is 0 Å². The second-order valence-corrected chi connectivity index (χ2v) is 6.79. The van der Waals surface area contributed by atoms with Crippen LogP contribution in [0.25, 0.3) is 22.5 Å². The normalized spacial score (nSPS) is 10.7. The molecule has 2 aromatic carbocycles. The first kappa shape index (κ1) is 18.6. The van der Waals surface area contributed by atoms with E-state index in [0.29, 0.717) is 17.0 Å². The lowest BCUT2D eigenvalue weighted by atomic mass is 9.97. The predicted octanol–water partition coefficient (Wildman–Crippen LogP) is 4.60. The van der Waals surface area contributed by atoms with Gasteiger partial charge in [0.15, 0.2) is 0 Å². The summed E-state index contributed by atoms with van der Waals surface area (Å²) in [6.45, 7) is 4.09. The monoisotopic (exact) mass is 384 g/mol. The molecule has 0 aliphatic carbocycles. The second kappa shape index (κ2) is 8.06. The summed E-state index contributed by atoms with van der Waals surface area (Å²) in [4.78, 5) is 20.9. The first-order chi connectivity index (χ1) is 14.1. The van der Waals surface area contributed by atoms with Crippen LogP contribution < -0.4 is 5.32 Å². The van der Waals surface area contributed by atoms with Crippen molar-refractivity contribution in [2.75, 3.05) is 5.32 Å². The molecule has 0 fully saturated rings. The summed E-state index contributed by atoms with van der Waals surface area (Å²) >= 11 is 0. The van der Waals surface area contributed by atoms with Crippen LogP contribution in [0.15, 0.2) is 71.6 Å². The molecule has 0 spiro atoms. The minimum absolute atomic E-state index is 0.185. The maximum absolute atomic E-state index is 12.6. The number of carbonyl (C=O) groups excluding carboxylic acids is 1. The highest BCUT2D eigenvalue weighted by molar-refractivity contribution is 5.97. The van der Waals surface area contributed by atoms with Crippen molar-refractivity contribution in [3.05, 3.63) is 83.8 Å². The molecule has 0 bridgehead atoms. The van der Waals surface area contributed by atoms with Crippen molar-refractivity contribution in [2.45, 2.75) is 20.3 Å². The highest BCUT2D eigenvalue weighted by Gasteiger charge is 2.23. The topological polar surface area (TPSA) is 80.9 Å². The van der Waals surface area contributed by atoms with Gasteiger partial charge in [0.25, 0.3) is 0 Å². The minimum Gasteiger partial charge on any atom is -0.337 e. The van der Waals surface area contributed by atoms with Crippen LogP contribution in [0.4, 0.5) is 5.88 Å². The molecule has 0 atom stereocenters. The third-order valence-electron chi connectivity index (χ3n) is 4.85. The smallest absolute Gasteiger partial charge is 0.241 e. The number of anilines is 1. The molecule has 1 N–H and O–H groups in total. The lowest BCUT2D eigenvalue weighted by Crippen LogP contribution is -2.14. The number of hydrogen-bond acceptors (Lipinski definition) is 5. The van der Waals surface area contributed by atoms with Gasteiger partial charge in [0.05, 0.1) is 17.7 Å².